The second-order valence-corrected chi connectivity index (χ2v) is 5.11. The van der Waals surface area contributed by atoms with Gasteiger partial charge in [-0.25, -0.2) is 4.39 Å². The largest absolute Gasteiger partial charge is 0.389 e. The van der Waals surface area contributed by atoms with Crippen molar-refractivity contribution in [2.24, 2.45) is 0 Å². The minimum atomic E-state index is -0.869. The van der Waals surface area contributed by atoms with Crippen molar-refractivity contribution in [3.63, 3.8) is 0 Å². The van der Waals surface area contributed by atoms with Crippen molar-refractivity contribution in [3.05, 3.63) is 65.7 Å². The Morgan fingerprint density at radius 1 is 1.22 bits per heavy atom. The molecule has 0 spiro atoms. The Morgan fingerprint density at radius 2 is 2.00 bits per heavy atom. The molecule has 3 rings (SSSR count). The topological polar surface area (TPSA) is 75.9 Å². The fraction of sp³-hybridized carbons (Fsp3) is 0.188. The van der Waals surface area contributed by atoms with Crippen molar-refractivity contribution >= 4 is 5.69 Å². The van der Waals surface area contributed by atoms with Crippen molar-refractivity contribution in [2.45, 2.75) is 19.6 Å². The maximum atomic E-state index is 13.6. The molecule has 0 saturated heterocycles. The molecule has 0 aliphatic rings. The Labute approximate surface area is 132 Å². The van der Waals surface area contributed by atoms with Crippen LogP contribution in [0.25, 0.3) is 5.69 Å². The molecule has 0 amide bonds. The molecule has 2 aromatic carbocycles. The standard InChI is InChI=1S/C16H16FN5O/c1-11(23)14-9-12(7-8-15(14)17)18-10-16-19-20-21-22(16)13-5-3-2-4-6-13/h2-9,11,18,23H,10H2,1H3. The molecule has 0 radical (unpaired) electrons. The molecule has 3 aromatic rings. The number of para-hydroxylation sites is 1. The van der Waals surface area contributed by atoms with E-state index in [1.54, 1.807) is 16.8 Å². The van der Waals surface area contributed by atoms with Gasteiger partial charge in [0.25, 0.3) is 0 Å². The van der Waals surface area contributed by atoms with Crippen LogP contribution in [0.1, 0.15) is 24.4 Å². The van der Waals surface area contributed by atoms with Crippen LogP contribution in [0.4, 0.5) is 10.1 Å². The van der Waals surface area contributed by atoms with E-state index in [0.29, 0.717) is 18.1 Å². The first-order valence-electron chi connectivity index (χ1n) is 7.19. The fourth-order valence-corrected chi connectivity index (χ4v) is 2.24. The van der Waals surface area contributed by atoms with Gasteiger partial charge in [-0.2, -0.15) is 4.68 Å². The summed E-state index contributed by atoms with van der Waals surface area (Å²) in [5, 5.41) is 24.4. The number of nitrogens with one attached hydrogen (secondary N) is 1. The summed E-state index contributed by atoms with van der Waals surface area (Å²) in [4.78, 5) is 0. The van der Waals surface area contributed by atoms with Gasteiger partial charge in [-0.3, -0.25) is 0 Å². The van der Waals surface area contributed by atoms with Crippen LogP contribution in [0.3, 0.4) is 0 Å². The highest BCUT2D eigenvalue weighted by molar-refractivity contribution is 5.47. The zero-order chi connectivity index (χ0) is 16.2. The lowest BCUT2D eigenvalue weighted by Gasteiger charge is -2.11. The minimum absolute atomic E-state index is 0.248. The molecule has 1 atom stereocenters. The van der Waals surface area contributed by atoms with Crippen molar-refractivity contribution in [1.82, 2.24) is 20.2 Å². The average molecular weight is 313 g/mol. The second kappa shape index (κ2) is 6.53. The van der Waals surface area contributed by atoms with Gasteiger partial charge in [0.1, 0.15) is 5.82 Å². The van der Waals surface area contributed by atoms with Crippen LogP contribution in [0, 0.1) is 5.82 Å². The molecule has 23 heavy (non-hydrogen) atoms. The number of tetrazole rings is 1. The number of aliphatic hydroxyl groups excluding tert-OH is 1. The van der Waals surface area contributed by atoms with Crippen molar-refractivity contribution < 1.29 is 9.50 Å². The summed E-state index contributed by atoms with van der Waals surface area (Å²) in [6.07, 6.45) is -0.869. The summed E-state index contributed by atoms with van der Waals surface area (Å²) in [6.45, 7) is 1.89. The molecular weight excluding hydrogens is 297 g/mol. The first-order valence-corrected chi connectivity index (χ1v) is 7.19. The van der Waals surface area contributed by atoms with E-state index in [2.05, 4.69) is 20.8 Å². The third-order valence-corrected chi connectivity index (χ3v) is 3.43. The molecular formula is C16H16FN5O. The number of aliphatic hydroxyl groups is 1. The highest BCUT2D eigenvalue weighted by Gasteiger charge is 2.11. The highest BCUT2D eigenvalue weighted by Crippen LogP contribution is 2.21. The Hall–Kier alpha value is -2.80. The van der Waals surface area contributed by atoms with Gasteiger partial charge in [-0.1, -0.05) is 18.2 Å². The monoisotopic (exact) mass is 313 g/mol. The number of nitrogens with zero attached hydrogens (tertiary/aromatic N) is 4. The van der Waals surface area contributed by atoms with Gasteiger partial charge in [-0.15, -0.1) is 5.10 Å². The van der Waals surface area contributed by atoms with E-state index in [1.807, 2.05) is 30.3 Å². The highest BCUT2D eigenvalue weighted by atomic mass is 19.1. The maximum absolute atomic E-state index is 13.6. The van der Waals surface area contributed by atoms with E-state index < -0.39 is 11.9 Å². The zero-order valence-electron chi connectivity index (χ0n) is 12.5. The molecule has 0 saturated carbocycles. The predicted molar refractivity (Wildman–Crippen MR) is 83.5 cm³/mol. The lowest BCUT2D eigenvalue weighted by atomic mass is 10.1. The van der Waals surface area contributed by atoms with E-state index in [-0.39, 0.29) is 5.56 Å². The molecule has 0 aliphatic carbocycles. The van der Waals surface area contributed by atoms with Gasteiger partial charge in [0.15, 0.2) is 5.82 Å². The van der Waals surface area contributed by atoms with E-state index in [4.69, 9.17) is 0 Å². The number of anilines is 1. The van der Waals surface area contributed by atoms with Crippen LogP contribution in [0.5, 0.6) is 0 Å². The van der Waals surface area contributed by atoms with Crippen LogP contribution in [0.2, 0.25) is 0 Å². The Balaban J connectivity index is 1.78. The summed E-state index contributed by atoms with van der Waals surface area (Å²) >= 11 is 0. The van der Waals surface area contributed by atoms with E-state index in [0.717, 1.165) is 5.69 Å². The molecule has 0 fully saturated rings. The minimum Gasteiger partial charge on any atom is -0.389 e. The fourth-order valence-electron chi connectivity index (χ4n) is 2.24. The lowest BCUT2D eigenvalue weighted by Crippen LogP contribution is -2.09. The Kier molecular flexibility index (Phi) is 4.29. The third kappa shape index (κ3) is 3.35. The van der Waals surface area contributed by atoms with Crippen LogP contribution in [-0.2, 0) is 6.54 Å². The van der Waals surface area contributed by atoms with E-state index in [9.17, 15) is 9.50 Å². The van der Waals surface area contributed by atoms with Gasteiger partial charge < -0.3 is 10.4 Å². The zero-order valence-corrected chi connectivity index (χ0v) is 12.5. The van der Waals surface area contributed by atoms with Crippen LogP contribution in [0.15, 0.2) is 48.5 Å². The average Bonchev–Trinajstić information content (AvgIpc) is 3.03. The molecule has 1 unspecified atom stereocenters. The van der Waals surface area contributed by atoms with Gasteiger partial charge >= 0.3 is 0 Å². The first kappa shape index (κ1) is 15.1. The summed E-state index contributed by atoms with van der Waals surface area (Å²) in [5.41, 5.74) is 1.79. The molecule has 1 heterocycles. The van der Waals surface area contributed by atoms with Crippen LogP contribution in [-0.4, -0.2) is 25.3 Å². The number of aromatic nitrogens is 4. The number of halogens is 1. The number of hydrogen-bond donors (Lipinski definition) is 2. The number of hydrogen-bond acceptors (Lipinski definition) is 5. The van der Waals surface area contributed by atoms with Gasteiger partial charge in [0.05, 0.1) is 18.3 Å². The van der Waals surface area contributed by atoms with Gasteiger partial charge in [0, 0.05) is 11.3 Å². The smallest absolute Gasteiger partial charge is 0.175 e. The maximum Gasteiger partial charge on any atom is 0.175 e. The molecule has 0 bridgehead atoms. The summed E-state index contributed by atoms with van der Waals surface area (Å²) in [5.74, 6) is 0.193. The summed E-state index contributed by atoms with van der Waals surface area (Å²) < 4.78 is 15.2. The summed E-state index contributed by atoms with van der Waals surface area (Å²) in [7, 11) is 0. The van der Waals surface area contributed by atoms with Gasteiger partial charge in [0.2, 0.25) is 0 Å². The van der Waals surface area contributed by atoms with Crippen molar-refractivity contribution in [2.75, 3.05) is 5.32 Å². The molecule has 6 nitrogen and oxygen atoms in total. The molecule has 2 N–H and O–H groups in total. The normalized spacial score (nSPS) is 12.1. The number of rotatable bonds is 5. The van der Waals surface area contributed by atoms with Crippen molar-refractivity contribution in [3.8, 4) is 5.69 Å². The molecule has 118 valence electrons. The SMILES string of the molecule is CC(O)c1cc(NCc2nnnn2-c2ccccc2)ccc1F. The first-order chi connectivity index (χ1) is 11.1. The van der Waals surface area contributed by atoms with Crippen LogP contribution >= 0.6 is 0 Å². The Bertz CT molecular complexity index is 788. The van der Waals surface area contributed by atoms with E-state index in [1.165, 1.54) is 13.0 Å². The van der Waals surface area contributed by atoms with Gasteiger partial charge in [-0.05, 0) is 47.7 Å². The Morgan fingerprint density at radius 3 is 2.74 bits per heavy atom. The molecule has 0 aliphatic heterocycles. The van der Waals surface area contributed by atoms with E-state index >= 15 is 0 Å². The molecule has 7 heteroatoms. The third-order valence-electron chi connectivity index (χ3n) is 3.43. The predicted octanol–water partition coefficient (Wildman–Crippen LogP) is 2.47. The number of benzene rings is 2. The quantitative estimate of drug-likeness (QED) is 0.757. The summed E-state index contributed by atoms with van der Waals surface area (Å²) in [6, 6.07) is 14.1. The van der Waals surface area contributed by atoms with Crippen LogP contribution < -0.4 is 5.32 Å². The van der Waals surface area contributed by atoms with Crippen molar-refractivity contribution in [1.29, 1.82) is 0 Å². The lowest BCUT2D eigenvalue weighted by molar-refractivity contribution is 0.194. The molecule has 1 aromatic heterocycles. The second-order valence-electron chi connectivity index (χ2n) is 5.11.